The van der Waals surface area contributed by atoms with Crippen LogP contribution in [0.2, 0.25) is 0 Å². The van der Waals surface area contributed by atoms with Gasteiger partial charge >= 0.3 is 0 Å². The van der Waals surface area contributed by atoms with E-state index in [2.05, 4.69) is 21.2 Å². The maximum Gasteiger partial charge on any atom is 0.100 e. The Balaban J connectivity index is 2.99. The van der Waals surface area contributed by atoms with Crippen LogP contribution >= 0.6 is 15.9 Å². The second kappa shape index (κ2) is 4.22. The highest BCUT2D eigenvalue weighted by Gasteiger charge is 2.23. The van der Waals surface area contributed by atoms with Crippen LogP contribution in [0, 0.1) is 0 Å². The summed E-state index contributed by atoms with van der Waals surface area (Å²) in [6, 6.07) is 7.70. The Morgan fingerprint density at radius 2 is 2.08 bits per heavy atom. The van der Waals surface area contributed by atoms with E-state index in [1.54, 1.807) is 6.92 Å². The van der Waals surface area contributed by atoms with Gasteiger partial charge in [0.2, 0.25) is 0 Å². The molecule has 0 amide bonds. The van der Waals surface area contributed by atoms with Gasteiger partial charge in [0.05, 0.1) is 0 Å². The van der Waals surface area contributed by atoms with Gasteiger partial charge in [0, 0.05) is 11.0 Å². The fourth-order valence-electron chi connectivity index (χ4n) is 1.34. The molecule has 0 aliphatic heterocycles. The Hall–Kier alpha value is -0.380. The lowest BCUT2D eigenvalue weighted by Crippen LogP contribution is -2.33. The molecule has 0 bridgehead atoms. The van der Waals surface area contributed by atoms with Gasteiger partial charge in [-0.05, 0) is 25.6 Å². The van der Waals surface area contributed by atoms with Crippen LogP contribution in [0.4, 0.5) is 0 Å². The molecule has 72 valence electrons. The average molecular weight is 244 g/mol. The summed E-state index contributed by atoms with van der Waals surface area (Å²) in [4.78, 5) is 0. The highest BCUT2D eigenvalue weighted by Crippen LogP contribution is 2.27. The lowest BCUT2D eigenvalue weighted by atomic mass is 9.96. The summed E-state index contributed by atoms with van der Waals surface area (Å²) in [5.41, 5.74) is 0.0822. The van der Waals surface area contributed by atoms with Gasteiger partial charge in [-0.2, -0.15) is 0 Å². The topological polar surface area (TPSA) is 32.3 Å². The molecule has 2 N–H and O–H groups in total. The molecular weight excluding hydrogens is 230 g/mol. The zero-order valence-corrected chi connectivity index (χ0v) is 9.43. The van der Waals surface area contributed by atoms with Gasteiger partial charge in [-0.15, -0.1) is 0 Å². The molecule has 3 heteroatoms. The predicted octanol–water partition coefficient (Wildman–Crippen LogP) is 1.88. The number of aliphatic hydroxyl groups is 1. The van der Waals surface area contributed by atoms with E-state index in [0.717, 1.165) is 10.0 Å². The Kier molecular flexibility index (Phi) is 3.47. The maximum absolute atomic E-state index is 10.1. The predicted molar refractivity (Wildman–Crippen MR) is 57.6 cm³/mol. The first-order valence-corrected chi connectivity index (χ1v) is 4.99. The number of hydrogen-bond donors (Lipinski definition) is 2. The molecule has 13 heavy (non-hydrogen) atoms. The molecule has 2 nitrogen and oxygen atoms in total. The van der Waals surface area contributed by atoms with Crippen LogP contribution in [-0.2, 0) is 5.60 Å². The summed E-state index contributed by atoms with van der Waals surface area (Å²) in [7, 11) is 1.82. The van der Waals surface area contributed by atoms with Gasteiger partial charge in [-0.3, -0.25) is 0 Å². The molecule has 0 aliphatic carbocycles. The molecule has 1 unspecified atom stereocenters. The number of likely N-dealkylation sites (N-methyl/N-ethyl adjacent to an activating group) is 1. The van der Waals surface area contributed by atoms with Gasteiger partial charge in [-0.1, -0.05) is 34.1 Å². The van der Waals surface area contributed by atoms with Crippen molar-refractivity contribution in [2.75, 3.05) is 13.6 Å². The third-order valence-electron chi connectivity index (χ3n) is 1.98. The average Bonchev–Trinajstić information content (AvgIpc) is 2.04. The Labute approximate surface area is 87.1 Å². The van der Waals surface area contributed by atoms with Crippen LogP contribution < -0.4 is 5.32 Å². The summed E-state index contributed by atoms with van der Waals surface area (Å²) in [5.74, 6) is 0. The standard InChI is InChI=1S/C10H14BrNO/c1-10(13,7-12-2)8-5-3-4-6-9(8)11/h3-6,12-13H,7H2,1-2H3. The molecule has 0 radical (unpaired) electrons. The third kappa shape index (κ3) is 2.53. The van der Waals surface area contributed by atoms with E-state index in [-0.39, 0.29) is 0 Å². The second-order valence-corrected chi connectivity index (χ2v) is 4.14. The van der Waals surface area contributed by atoms with Crippen LogP contribution in [-0.4, -0.2) is 18.7 Å². The number of rotatable bonds is 3. The summed E-state index contributed by atoms with van der Waals surface area (Å²) in [6.07, 6.45) is 0. The molecule has 0 spiro atoms. The van der Waals surface area contributed by atoms with Crippen molar-refractivity contribution in [1.29, 1.82) is 0 Å². The van der Waals surface area contributed by atoms with Crippen molar-refractivity contribution in [3.8, 4) is 0 Å². The highest BCUT2D eigenvalue weighted by molar-refractivity contribution is 9.10. The first kappa shape index (κ1) is 10.7. The fourth-order valence-corrected chi connectivity index (χ4v) is 2.05. The summed E-state index contributed by atoms with van der Waals surface area (Å²) in [5, 5.41) is 13.0. The molecule has 1 atom stereocenters. The van der Waals surface area contributed by atoms with Gasteiger partial charge < -0.3 is 10.4 Å². The van der Waals surface area contributed by atoms with Gasteiger partial charge in [0.25, 0.3) is 0 Å². The SMILES string of the molecule is CNCC(C)(O)c1ccccc1Br. The van der Waals surface area contributed by atoms with E-state index in [4.69, 9.17) is 0 Å². The Morgan fingerprint density at radius 3 is 2.62 bits per heavy atom. The van der Waals surface area contributed by atoms with Gasteiger partial charge in [0.15, 0.2) is 0 Å². The molecule has 0 aromatic heterocycles. The molecule has 0 saturated carbocycles. The van der Waals surface area contributed by atoms with E-state index < -0.39 is 5.60 Å². The smallest absolute Gasteiger partial charge is 0.100 e. The maximum atomic E-state index is 10.1. The molecule has 1 aromatic carbocycles. The number of nitrogens with one attached hydrogen (secondary N) is 1. The monoisotopic (exact) mass is 243 g/mol. The zero-order valence-electron chi connectivity index (χ0n) is 7.84. The zero-order chi connectivity index (χ0) is 9.90. The first-order valence-electron chi connectivity index (χ1n) is 4.20. The van der Waals surface area contributed by atoms with Crippen LogP contribution in [0.5, 0.6) is 0 Å². The highest BCUT2D eigenvalue weighted by atomic mass is 79.9. The van der Waals surface area contributed by atoms with Crippen molar-refractivity contribution in [1.82, 2.24) is 5.32 Å². The summed E-state index contributed by atoms with van der Waals surface area (Å²) < 4.78 is 0.940. The molecule has 0 saturated heterocycles. The molecule has 0 aliphatic rings. The second-order valence-electron chi connectivity index (χ2n) is 3.28. The van der Waals surface area contributed by atoms with E-state index >= 15 is 0 Å². The quantitative estimate of drug-likeness (QED) is 0.850. The largest absolute Gasteiger partial charge is 0.384 e. The van der Waals surface area contributed by atoms with Crippen molar-refractivity contribution in [3.05, 3.63) is 34.3 Å². The summed E-state index contributed by atoms with van der Waals surface area (Å²) in [6.45, 7) is 2.33. The van der Waals surface area contributed by atoms with Gasteiger partial charge in [-0.25, -0.2) is 0 Å². The third-order valence-corrected chi connectivity index (χ3v) is 2.67. The van der Waals surface area contributed by atoms with Crippen LogP contribution in [0.25, 0.3) is 0 Å². The molecular formula is C10H14BrNO. The van der Waals surface area contributed by atoms with Crippen molar-refractivity contribution < 1.29 is 5.11 Å². The minimum absolute atomic E-state index is 0.537. The minimum atomic E-state index is -0.825. The normalized spacial score (nSPS) is 15.4. The van der Waals surface area contributed by atoms with Crippen LogP contribution in [0.1, 0.15) is 12.5 Å². The summed E-state index contributed by atoms with van der Waals surface area (Å²) >= 11 is 3.41. The van der Waals surface area contributed by atoms with Crippen molar-refractivity contribution >= 4 is 15.9 Å². The first-order chi connectivity index (χ1) is 6.08. The number of halogens is 1. The number of benzene rings is 1. The number of hydrogen-bond acceptors (Lipinski definition) is 2. The minimum Gasteiger partial charge on any atom is -0.384 e. The van der Waals surface area contributed by atoms with E-state index in [1.807, 2.05) is 31.3 Å². The van der Waals surface area contributed by atoms with Crippen LogP contribution in [0.3, 0.4) is 0 Å². The van der Waals surface area contributed by atoms with Crippen molar-refractivity contribution in [2.24, 2.45) is 0 Å². The van der Waals surface area contributed by atoms with Crippen molar-refractivity contribution in [2.45, 2.75) is 12.5 Å². The Bertz CT molecular complexity index is 286. The molecule has 0 fully saturated rings. The lowest BCUT2D eigenvalue weighted by Gasteiger charge is -2.24. The fraction of sp³-hybridized carbons (Fsp3) is 0.400. The van der Waals surface area contributed by atoms with Gasteiger partial charge in [0.1, 0.15) is 5.60 Å². The van der Waals surface area contributed by atoms with Crippen molar-refractivity contribution in [3.63, 3.8) is 0 Å². The molecule has 0 heterocycles. The lowest BCUT2D eigenvalue weighted by molar-refractivity contribution is 0.0584. The molecule has 1 aromatic rings. The van der Waals surface area contributed by atoms with Crippen LogP contribution in [0.15, 0.2) is 28.7 Å². The van der Waals surface area contributed by atoms with E-state index in [9.17, 15) is 5.11 Å². The van der Waals surface area contributed by atoms with E-state index in [0.29, 0.717) is 6.54 Å². The molecule has 1 rings (SSSR count). The van der Waals surface area contributed by atoms with E-state index in [1.165, 1.54) is 0 Å². The Morgan fingerprint density at radius 1 is 1.46 bits per heavy atom.